The minimum atomic E-state index is -0.469. The van der Waals surface area contributed by atoms with Crippen molar-refractivity contribution in [3.05, 3.63) is 29.3 Å². The number of carbonyl (C=O) groups excluding carboxylic acids is 2. The van der Waals surface area contributed by atoms with Gasteiger partial charge in [0.1, 0.15) is 12.3 Å². The average Bonchev–Trinajstić information content (AvgIpc) is 2.40. The number of aryl methyl sites for hydroxylation is 2. The van der Waals surface area contributed by atoms with Crippen molar-refractivity contribution >= 4 is 11.9 Å². The number of amides is 1. The van der Waals surface area contributed by atoms with Crippen molar-refractivity contribution in [2.45, 2.75) is 20.3 Å². The first kappa shape index (κ1) is 15.0. The minimum absolute atomic E-state index is 0.112. The van der Waals surface area contributed by atoms with Crippen LogP contribution in [0.5, 0.6) is 5.75 Å². The maximum absolute atomic E-state index is 11.4. The summed E-state index contributed by atoms with van der Waals surface area (Å²) in [6.07, 6.45) is 0.198. The number of methoxy groups -OCH3 is 1. The molecule has 0 aliphatic carbocycles. The molecule has 5 nitrogen and oxygen atoms in total. The minimum Gasteiger partial charge on any atom is -0.493 e. The summed E-state index contributed by atoms with van der Waals surface area (Å²) in [5.41, 5.74) is 2.34. The van der Waals surface area contributed by atoms with Crippen LogP contribution in [0.1, 0.15) is 17.5 Å². The van der Waals surface area contributed by atoms with E-state index < -0.39 is 5.97 Å². The van der Waals surface area contributed by atoms with Gasteiger partial charge in [0.25, 0.3) is 0 Å². The van der Waals surface area contributed by atoms with Gasteiger partial charge in [-0.1, -0.05) is 6.07 Å². The summed E-state index contributed by atoms with van der Waals surface area (Å²) in [4.78, 5) is 22.2. The van der Waals surface area contributed by atoms with Crippen molar-refractivity contribution in [3.8, 4) is 5.75 Å². The quantitative estimate of drug-likeness (QED) is 0.789. The molecule has 0 aromatic heterocycles. The third-order valence-electron chi connectivity index (χ3n) is 2.73. The van der Waals surface area contributed by atoms with Crippen LogP contribution in [-0.4, -0.2) is 32.1 Å². The van der Waals surface area contributed by atoms with E-state index in [9.17, 15) is 9.59 Å². The van der Waals surface area contributed by atoms with Gasteiger partial charge in [0.05, 0.1) is 20.1 Å². The van der Waals surface area contributed by atoms with E-state index in [2.05, 4.69) is 10.1 Å². The van der Waals surface area contributed by atoms with E-state index in [4.69, 9.17) is 4.74 Å². The molecule has 1 aromatic carbocycles. The first-order valence-electron chi connectivity index (χ1n) is 6.06. The molecular weight excluding hydrogens is 246 g/mol. The second kappa shape index (κ2) is 7.41. The molecule has 0 saturated heterocycles. The number of nitrogens with one attached hydrogen (secondary N) is 1. The van der Waals surface area contributed by atoms with Gasteiger partial charge in [-0.15, -0.1) is 0 Å². The fraction of sp³-hybridized carbons (Fsp3) is 0.429. The number of benzene rings is 1. The molecule has 0 spiro atoms. The Hall–Kier alpha value is -2.04. The highest BCUT2D eigenvalue weighted by molar-refractivity contribution is 5.81. The summed E-state index contributed by atoms with van der Waals surface area (Å²) in [5.74, 6) is 0.0292. The third kappa shape index (κ3) is 5.42. The van der Waals surface area contributed by atoms with E-state index >= 15 is 0 Å². The first-order chi connectivity index (χ1) is 9.02. The molecule has 0 heterocycles. The molecular formula is C14H19NO4. The van der Waals surface area contributed by atoms with Crippen LogP contribution in [0.2, 0.25) is 0 Å². The van der Waals surface area contributed by atoms with Crippen LogP contribution in [-0.2, 0) is 14.3 Å². The van der Waals surface area contributed by atoms with E-state index in [1.807, 2.05) is 32.0 Å². The predicted molar refractivity (Wildman–Crippen MR) is 71.1 cm³/mol. The first-order valence-corrected chi connectivity index (χ1v) is 6.06. The summed E-state index contributed by atoms with van der Waals surface area (Å²) >= 11 is 0. The topological polar surface area (TPSA) is 64.6 Å². The van der Waals surface area contributed by atoms with Crippen molar-refractivity contribution in [3.63, 3.8) is 0 Å². The molecule has 19 heavy (non-hydrogen) atoms. The zero-order valence-electron chi connectivity index (χ0n) is 11.5. The monoisotopic (exact) mass is 265 g/mol. The van der Waals surface area contributed by atoms with E-state index in [1.54, 1.807) is 0 Å². The fourth-order valence-electron chi connectivity index (χ4n) is 1.40. The molecule has 0 aliphatic rings. The Labute approximate surface area is 112 Å². The highest BCUT2D eigenvalue weighted by Crippen LogP contribution is 2.16. The van der Waals surface area contributed by atoms with Gasteiger partial charge in [0.15, 0.2) is 0 Å². The second-order valence-corrected chi connectivity index (χ2v) is 4.20. The number of carbonyl (C=O) groups is 2. The van der Waals surface area contributed by atoms with Gasteiger partial charge in [-0.05, 0) is 37.1 Å². The molecule has 0 aliphatic heterocycles. The Balaban J connectivity index is 2.28. The van der Waals surface area contributed by atoms with Gasteiger partial charge in [0, 0.05) is 0 Å². The van der Waals surface area contributed by atoms with E-state index in [1.165, 1.54) is 12.7 Å². The standard InChI is InChI=1S/C14H19NO4/c1-10-4-5-12(8-11(10)2)19-7-6-13(16)15-9-14(17)18-3/h4-5,8H,6-7,9H2,1-3H3,(H,15,16). The van der Waals surface area contributed by atoms with Crippen LogP contribution in [0, 0.1) is 13.8 Å². The molecule has 0 atom stereocenters. The van der Waals surface area contributed by atoms with Crippen LogP contribution in [0.4, 0.5) is 0 Å². The highest BCUT2D eigenvalue weighted by atomic mass is 16.5. The Morgan fingerprint density at radius 2 is 1.95 bits per heavy atom. The lowest BCUT2D eigenvalue weighted by molar-refractivity contribution is -0.141. The number of rotatable bonds is 6. The molecule has 0 bridgehead atoms. The maximum Gasteiger partial charge on any atom is 0.325 e. The average molecular weight is 265 g/mol. The van der Waals surface area contributed by atoms with E-state index in [0.717, 1.165) is 11.3 Å². The normalized spacial score (nSPS) is 9.84. The molecule has 1 aromatic rings. The SMILES string of the molecule is COC(=O)CNC(=O)CCOc1ccc(C)c(C)c1. The van der Waals surface area contributed by atoms with E-state index in [0.29, 0.717) is 0 Å². The lowest BCUT2D eigenvalue weighted by Gasteiger charge is -2.08. The summed E-state index contributed by atoms with van der Waals surface area (Å²) in [6.45, 7) is 4.19. The van der Waals surface area contributed by atoms with Crippen molar-refractivity contribution in [1.29, 1.82) is 0 Å². The molecule has 104 valence electrons. The largest absolute Gasteiger partial charge is 0.493 e. The Morgan fingerprint density at radius 3 is 2.58 bits per heavy atom. The van der Waals surface area contributed by atoms with Crippen molar-refractivity contribution in [2.75, 3.05) is 20.3 Å². The van der Waals surface area contributed by atoms with Crippen molar-refractivity contribution in [2.24, 2.45) is 0 Å². The molecule has 0 unspecified atom stereocenters. The summed E-state index contributed by atoms with van der Waals surface area (Å²) in [6, 6.07) is 5.78. The van der Waals surface area contributed by atoms with Gasteiger partial charge in [0.2, 0.25) is 5.91 Å². The number of hydrogen-bond acceptors (Lipinski definition) is 4. The van der Waals surface area contributed by atoms with Gasteiger partial charge in [-0.2, -0.15) is 0 Å². The Bertz CT molecular complexity index is 457. The summed E-state index contributed by atoms with van der Waals surface area (Å²) < 4.78 is 9.88. The third-order valence-corrected chi connectivity index (χ3v) is 2.73. The summed E-state index contributed by atoms with van der Waals surface area (Å²) in [7, 11) is 1.28. The maximum atomic E-state index is 11.4. The van der Waals surface area contributed by atoms with Crippen molar-refractivity contribution < 1.29 is 19.1 Å². The molecule has 0 saturated carbocycles. The van der Waals surface area contributed by atoms with E-state index in [-0.39, 0.29) is 25.5 Å². The van der Waals surface area contributed by atoms with Crippen LogP contribution >= 0.6 is 0 Å². The highest BCUT2D eigenvalue weighted by Gasteiger charge is 2.05. The van der Waals surface area contributed by atoms with Gasteiger partial charge >= 0.3 is 5.97 Å². The lowest BCUT2D eigenvalue weighted by Crippen LogP contribution is -2.30. The van der Waals surface area contributed by atoms with Crippen molar-refractivity contribution in [1.82, 2.24) is 5.32 Å². The fourth-order valence-corrected chi connectivity index (χ4v) is 1.40. The zero-order valence-corrected chi connectivity index (χ0v) is 11.5. The summed E-state index contributed by atoms with van der Waals surface area (Å²) in [5, 5.41) is 2.45. The lowest BCUT2D eigenvalue weighted by atomic mass is 10.1. The van der Waals surface area contributed by atoms with Gasteiger partial charge in [-0.3, -0.25) is 9.59 Å². The predicted octanol–water partition coefficient (Wildman–Crippen LogP) is 1.36. The molecule has 1 rings (SSSR count). The van der Waals surface area contributed by atoms with Crippen LogP contribution in [0.15, 0.2) is 18.2 Å². The Kier molecular flexibility index (Phi) is 5.85. The smallest absolute Gasteiger partial charge is 0.325 e. The molecule has 5 heteroatoms. The van der Waals surface area contributed by atoms with Gasteiger partial charge < -0.3 is 14.8 Å². The van der Waals surface area contributed by atoms with Crippen LogP contribution in [0.25, 0.3) is 0 Å². The number of esters is 1. The van der Waals surface area contributed by atoms with Crippen LogP contribution < -0.4 is 10.1 Å². The zero-order chi connectivity index (χ0) is 14.3. The molecule has 0 fully saturated rings. The number of ether oxygens (including phenoxy) is 2. The number of hydrogen-bond donors (Lipinski definition) is 1. The molecule has 1 amide bonds. The second-order valence-electron chi connectivity index (χ2n) is 4.20. The molecule has 0 radical (unpaired) electrons. The van der Waals surface area contributed by atoms with Crippen LogP contribution in [0.3, 0.4) is 0 Å². The Morgan fingerprint density at radius 1 is 1.21 bits per heavy atom. The molecule has 1 N–H and O–H groups in total. The van der Waals surface area contributed by atoms with Gasteiger partial charge in [-0.25, -0.2) is 0 Å².